The Bertz CT molecular complexity index is 1050. The van der Waals surface area contributed by atoms with Crippen molar-refractivity contribution in [1.29, 1.82) is 0 Å². The van der Waals surface area contributed by atoms with E-state index in [0.717, 1.165) is 11.3 Å². The summed E-state index contributed by atoms with van der Waals surface area (Å²) in [4.78, 5) is 42.8. The first-order valence-electron chi connectivity index (χ1n) is 8.67. The van der Waals surface area contributed by atoms with Gasteiger partial charge in [0.2, 0.25) is 5.91 Å². The molecular formula is C19H20N4O3S. The third-order valence-corrected chi connectivity index (χ3v) is 5.16. The van der Waals surface area contributed by atoms with E-state index in [1.54, 1.807) is 24.3 Å². The highest BCUT2D eigenvalue weighted by molar-refractivity contribution is 7.18. The van der Waals surface area contributed by atoms with Gasteiger partial charge < -0.3 is 10.6 Å². The lowest BCUT2D eigenvalue weighted by atomic mass is 10.2. The second kappa shape index (κ2) is 8.13. The van der Waals surface area contributed by atoms with E-state index in [1.807, 2.05) is 19.9 Å². The maximum Gasteiger partial charge on any atom is 0.262 e. The number of thiophene rings is 1. The van der Waals surface area contributed by atoms with Crippen molar-refractivity contribution in [2.45, 2.75) is 26.8 Å². The Morgan fingerprint density at radius 2 is 2.04 bits per heavy atom. The van der Waals surface area contributed by atoms with Gasteiger partial charge in [-0.2, -0.15) is 0 Å². The molecule has 7 nitrogen and oxygen atoms in total. The number of hydrogen-bond donors (Lipinski definition) is 2. The zero-order valence-corrected chi connectivity index (χ0v) is 15.9. The van der Waals surface area contributed by atoms with Crippen LogP contribution in [-0.4, -0.2) is 27.9 Å². The van der Waals surface area contributed by atoms with Crippen molar-refractivity contribution in [1.82, 2.24) is 14.9 Å². The molecule has 27 heavy (non-hydrogen) atoms. The Hall–Kier alpha value is -3.00. The number of nitrogens with one attached hydrogen (secondary N) is 2. The first kappa shape index (κ1) is 18.8. The van der Waals surface area contributed by atoms with E-state index >= 15 is 0 Å². The topological polar surface area (TPSA) is 93.1 Å². The number of anilines is 1. The summed E-state index contributed by atoms with van der Waals surface area (Å²) in [6.07, 6.45) is 2.23. The maximum atomic E-state index is 12.6. The van der Waals surface area contributed by atoms with Crippen molar-refractivity contribution in [3.63, 3.8) is 0 Å². The normalized spacial score (nSPS) is 10.7. The quantitative estimate of drug-likeness (QED) is 0.682. The fourth-order valence-corrected chi connectivity index (χ4v) is 3.58. The van der Waals surface area contributed by atoms with Gasteiger partial charge in [0, 0.05) is 22.7 Å². The molecule has 0 aliphatic rings. The van der Waals surface area contributed by atoms with Crippen LogP contribution in [0, 0.1) is 0 Å². The van der Waals surface area contributed by atoms with E-state index in [1.165, 1.54) is 22.2 Å². The number of rotatable bonds is 6. The van der Waals surface area contributed by atoms with Crippen LogP contribution in [-0.2, 0) is 17.8 Å². The molecule has 0 spiro atoms. The Kier molecular flexibility index (Phi) is 5.66. The van der Waals surface area contributed by atoms with Crippen molar-refractivity contribution < 1.29 is 9.59 Å². The van der Waals surface area contributed by atoms with Crippen LogP contribution in [0.25, 0.3) is 10.2 Å². The fraction of sp³-hybridized carbons (Fsp3) is 0.263. The summed E-state index contributed by atoms with van der Waals surface area (Å²) in [7, 11) is 0. The fourth-order valence-electron chi connectivity index (χ4n) is 2.65. The van der Waals surface area contributed by atoms with Crippen molar-refractivity contribution >= 4 is 39.1 Å². The minimum absolute atomic E-state index is 0.148. The lowest BCUT2D eigenvalue weighted by molar-refractivity contribution is -0.116. The zero-order chi connectivity index (χ0) is 19.4. The Morgan fingerprint density at radius 3 is 2.78 bits per heavy atom. The highest BCUT2D eigenvalue weighted by atomic mass is 32.1. The average Bonchev–Trinajstić information content (AvgIpc) is 3.09. The Labute approximate surface area is 160 Å². The van der Waals surface area contributed by atoms with E-state index < -0.39 is 0 Å². The third-order valence-electron chi connectivity index (χ3n) is 3.98. The molecule has 140 valence electrons. The van der Waals surface area contributed by atoms with Crippen molar-refractivity contribution in [3.05, 3.63) is 57.5 Å². The molecule has 8 heteroatoms. The summed E-state index contributed by atoms with van der Waals surface area (Å²) >= 11 is 1.49. The molecule has 0 radical (unpaired) electrons. The first-order valence-corrected chi connectivity index (χ1v) is 9.49. The second-order valence-electron chi connectivity index (χ2n) is 5.95. The molecule has 2 amide bonds. The van der Waals surface area contributed by atoms with Crippen molar-refractivity contribution in [2.75, 3.05) is 11.9 Å². The van der Waals surface area contributed by atoms with Gasteiger partial charge in [-0.05, 0) is 37.6 Å². The van der Waals surface area contributed by atoms with Gasteiger partial charge in [0.15, 0.2) is 0 Å². The zero-order valence-electron chi connectivity index (χ0n) is 15.1. The van der Waals surface area contributed by atoms with Gasteiger partial charge in [0.05, 0.1) is 11.7 Å². The van der Waals surface area contributed by atoms with Crippen LogP contribution in [0.4, 0.5) is 5.69 Å². The van der Waals surface area contributed by atoms with Gasteiger partial charge in [-0.25, -0.2) is 4.98 Å². The summed E-state index contributed by atoms with van der Waals surface area (Å²) in [6, 6.07) is 8.48. The van der Waals surface area contributed by atoms with Gasteiger partial charge in [0.1, 0.15) is 11.4 Å². The number of amides is 2. The number of hydrogen-bond acceptors (Lipinski definition) is 5. The molecule has 0 fully saturated rings. The third kappa shape index (κ3) is 4.22. The summed E-state index contributed by atoms with van der Waals surface area (Å²) in [5.41, 5.74) is 0.720. The smallest absolute Gasteiger partial charge is 0.262 e. The second-order valence-corrected chi connectivity index (χ2v) is 7.07. The highest BCUT2D eigenvalue weighted by Crippen LogP contribution is 2.21. The number of fused-ring (bicyclic) bond motifs is 1. The van der Waals surface area contributed by atoms with Gasteiger partial charge in [0.25, 0.3) is 11.5 Å². The molecular weight excluding hydrogens is 364 g/mol. The minimum atomic E-state index is -0.364. The van der Waals surface area contributed by atoms with Crippen LogP contribution in [0.5, 0.6) is 0 Å². The van der Waals surface area contributed by atoms with Gasteiger partial charge in [-0.3, -0.25) is 19.0 Å². The number of carbonyl (C=O) groups is 2. The number of benzene rings is 1. The largest absolute Gasteiger partial charge is 0.352 e. The molecule has 1 aromatic carbocycles. The Morgan fingerprint density at radius 1 is 1.22 bits per heavy atom. The number of aryl methyl sites for hydroxylation is 1. The molecule has 2 heterocycles. The average molecular weight is 384 g/mol. The van der Waals surface area contributed by atoms with E-state index in [2.05, 4.69) is 15.6 Å². The van der Waals surface area contributed by atoms with E-state index in [-0.39, 0.29) is 23.9 Å². The van der Waals surface area contributed by atoms with Crippen LogP contribution in [0.2, 0.25) is 0 Å². The molecule has 3 rings (SSSR count). The highest BCUT2D eigenvalue weighted by Gasteiger charge is 2.12. The van der Waals surface area contributed by atoms with Crippen molar-refractivity contribution in [2.24, 2.45) is 0 Å². The molecule has 0 aliphatic heterocycles. The lowest BCUT2D eigenvalue weighted by Gasteiger charge is -2.09. The Balaban J connectivity index is 1.75. The molecule has 2 aromatic heterocycles. The standard InChI is InChI=1S/C19H20N4O3S/c1-3-14-9-15-18(27-14)21-11-23(19(15)26)10-16(24)22-13-7-5-6-12(8-13)17(25)20-4-2/h5-9,11H,3-4,10H2,1-2H3,(H,20,25)(H,22,24). The summed E-state index contributed by atoms with van der Waals surface area (Å²) in [6.45, 7) is 4.23. The SMILES string of the molecule is CCNC(=O)c1cccc(NC(=O)Cn2cnc3sc(CC)cc3c2=O)c1. The lowest BCUT2D eigenvalue weighted by Crippen LogP contribution is -2.27. The summed E-state index contributed by atoms with van der Waals surface area (Å²) < 4.78 is 1.29. The van der Waals surface area contributed by atoms with Crippen LogP contribution in [0.1, 0.15) is 29.1 Å². The van der Waals surface area contributed by atoms with Crippen LogP contribution in [0.15, 0.2) is 41.5 Å². The van der Waals surface area contributed by atoms with Crippen LogP contribution in [0.3, 0.4) is 0 Å². The predicted molar refractivity (Wildman–Crippen MR) is 106 cm³/mol. The van der Waals surface area contributed by atoms with Crippen LogP contribution >= 0.6 is 11.3 Å². The van der Waals surface area contributed by atoms with Crippen molar-refractivity contribution in [3.8, 4) is 0 Å². The van der Waals surface area contributed by atoms with E-state index in [0.29, 0.717) is 28.0 Å². The first-order chi connectivity index (χ1) is 13.0. The molecule has 0 atom stereocenters. The monoisotopic (exact) mass is 384 g/mol. The molecule has 0 saturated carbocycles. The minimum Gasteiger partial charge on any atom is -0.352 e. The molecule has 0 aliphatic carbocycles. The molecule has 2 N–H and O–H groups in total. The number of aromatic nitrogens is 2. The predicted octanol–water partition coefficient (Wildman–Crippen LogP) is 2.41. The molecule has 0 saturated heterocycles. The van der Waals surface area contributed by atoms with Gasteiger partial charge in [-0.1, -0.05) is 13.0 Å². The van der Waals surface area contributed by atoms with E-state index in [4.69, 9.17) is 0 Å². The molecule has 0 bridgehead atoms. The number of nitrogens with zero attached hydrogens (tertiary/aromatic N) is 2. The van der Waals surface area contributed by atoms with Gasteiger partial charge in [-0.15, -0.1) is 11.3 Å². The van der Waals surface area contributed by atoms with Crippen LogP contribution < -0.4 is 16.2 Å². The van der Waals surface area contributed by atoms with Gasteiger partial charge >= 0.3 is 0 Å². The molecule has 0 unspecified atom stereocenters. The summed E-state index contributed by atoms with van der Waals surface area (Å²) in [5.74, 6) is -0.569. The summed E-state index contributed by atoms with van der Waals surface area (Å²) in [5, 5.41) is 5.96. The molecule has 3 aromatic rings. The number of carbonyl (C=O) groups excluding carboxylic acids is 2. The maximum absolute atomic E-state index is 12.6. The van der Waals surface area contributed by atoms with E-state index in [9.17, 15) is 14.4 Å².